The zero-order chi connectivity index (χ0) is 10.2. The minimum Gasteiger partial charge on any atom is -0.353 e. The molecule has 3 nitrogen and oxygen atoms in total. The summed E-state index contributed by atoms with van der Waals surface area (Å²) in [5.41, 5.74) is 0.142. The maximum atomic E-state index is 11.4. The van der Waals surface area contributed by atoms with E-state index in [1.165, 1.54) is 25.7 Å². The third kappa shape index (κ3) is 1.78. The van der Waals surface area contributed by atoms with Gasteiger partial charge in [-0.1, -0.05) is 12.8 Å². The van der Waals surface area contributed by atoms with E-state index in [4.69, 9.17) is 0 Å². The van der Waals surface area contributed by atoms with E-state index in [0.717, 1.165) is 6.54 Å². The zero-order valence-electron chi connectivity index (χ0n) is 9.18. The third-order valence-corrected chi connectivity index (χ3v) is 3.58. The molecule has 2 aliphatic rings. The van der Waals surface area contributed by atoms with Crippen molar-refractivity contribution in [2.24, 2.45) is 0 Å². The van der Waals surface area contributed by atoms with E-state index in [2.05, 4.69) is 24.1 Å². The van der Waals surface area contributed by atoms with E-state index in [1.807, 2.05) is 0 Å². The van der Waals surface area contributed by atoms with Gasteiger partial charge in [0.05, 0.1) is 6.54 Å². The lowest BCUT2D eigenvalue weighted by atomic mass is 9.96. The number of nitrogens with one attached hydrogen (secondary N) is 1. The predicted octanol–water partition coefficient (Wildman–Crippen LogP) is 1.14. The van der Waals surface area contributed by atoms with Crippen molar-refractivity contribution >= 4 is 5.91 Å². The number of carbonyl (C=O) groups excluding carboxylic acids is 1. The van der Waals surface area contributed by atoms with Crippen LogP contribution in [0.15, 0.2) is 0 Å². The average molecular weight is 196 g/mol. The van der Waals surface area contributed by atoms with E-state index < -0.39 is 0 Å². The van der Waals surface area contributed by atoms with Gasteiger partial charge in [-0.3, -0.25) is 9.69 Å². The lowest BCUT2D eigenvalue weighted by Crippen LogP contribution is -2.62. The van der Waals surface area contributed by atoms with Crippen molar-refractivity contribution in [3.05, 3.63) is 0 Å². The summed E-state index contributed by atoms with van der Waals surface area (Å²) in [6.07, 6.45) is 5.21. The van der Waals surface area contributed by atoms with Crippen molar-refractivity contribution in [1.29, 1.82) is 0 Å². The summed E-state index contributed by atoms with van der Waals surface area (Å²) >= 11 is 0. The van der Waals surface area contributed by atoms with Gasteiger partial charge in [-0.25, -0.2) is 0 Å². The molecule has 0 aromatic rings. The molecule has 1 aliphatic carbocycles. The molecule has 1 aliphatic heterocycles. The monoisotopic (exact) mass is 196 g/mol. The maximum Gasteiger partial charge on any atom is 0.234 e. The van der Waals surface area contributed by atoms with Crippen LogP contribution < -0.4 is 5.32 Å². The van der Waals surface area contributed by atoms with Crippen LogP contribution in [0.3, 0.4) is 0 Å². The van der Waals surface area contributed by atoms with Gasteiger partial charge >= 0.3 is 0 Å². The van der Waals surface area contributed by atoms with E-state index in [9.17, 15) is 4.79 Å². The van der Waals surface area contributed by atoms with Crippen LogP contribution in [0.1, 0.15) is 39.5 Å². The van der Waals surface area contributed by atoms with Gasteiger partial charge in [0.15, 0.2) is 0 Å². The van der Waals surface area contributed by atoms with Crippen LogP contribution in [0.2, 0.25) is 0 Å². The summed E-state index contributed by atoms with van der Waals surface area (Å²) in [5.74, 6) is 0.191. The molecule has 3 heteroatoms. The Balaban J connectivity index is 2.08. The Bertz CT molecular complexity index is 231. The van der Waals surface area contributed by atoms with Gasteiger partial charge in [0, 0.05) is 18.1 Å². The first kappa shape index (κ1) is 9.97. The summed E-state index contributed by atoms with van der Waals surface area (Å²) < 4.78 is 0. The van der Waals surface area contributed by atoms with Crippen LogP contribution in [0.4, 0.5) is 0 Å². The number of hydrogen-bond acceptors (Lipinski definition) is 2. The molecular weight excluding hydrogens is 176 g/mol. The highest BCUT2D eigenvalue weighted by Gasteiger charge is 2.38. The van der Waals surface area contributed by atoms with Crippen molar-refractivity contribution in [3.8, 4) is 0 Å². The van der Waals surface area contributed by atoms with Gasteiger partial charge in [0.1, 0.15) is 0 Å². The van der Waals surface area contributed by atoms with Gasteiger partial charge in [-0.05, 0) is 26.7 Å². The Hall–Kier alpha value is -0.570. The van der Waals surface area contributed by atoms with Gasteiger partial charge in [0.2, 0.25) is 5.91 Å². The van der Waals surface area contributed by atoms with Crippen LogP contribution in [0.25, 0.3) is 0 Å². The fraction of sp³-hybridized carbons (Fsp3) is 0.909. The number of hydrogen-bond donors (Lipinski definition) is 1. The van der Waals surface area contributed by atoms with E-state index in [0.29, 0.717) is 12.6 Å². The van der Waals surface area contributed by atoms with Crippen molar-refractivity contribution in [2.75, 3.05) is 13.1 Å². The molecule has 1 amide bonds. The largest absolute Gasteiger partial charge is 0.353 e. The molecule has 2 rings (SSSR count). The number of amides is 1. The van der Waals surface area contributed by atoms with Crippen molar-refractivity contribution < 1.29 is 4.79 Å². The molecule has 0 aromatic heterocycles. The van der Waals surface area contributed by atoms with Gasteiger partial charge < -0.3 is 5.32 Å². The summed E-state index contributed by atoms with van der Waals surface area (Å²) in [4.78, 5) is 13.8. The highest BCUT2D eigenvalue weighted by molar-refractivity contribution is 5.79. The molecule has 80 valence electrons. The standard InChI is InChI=1S/C11H20N2O/c1-11(2)8-12-10(14)7-13(11)9-5-3-4-6-9/h9H,3-8H2,1-2H3,(H,12,14). The third-order valence-electron chi connectivity index (χ3n) is 3.58. The first-order valence-corrected chi connectivity index (χ1v) is 5.63. The van der Waals surface area contributed by atoms with Crippen molar-refractivity contribution in [2.45, 2.75) is 51.1 Å². The summed E-state index contributed by atoms with van der Waals surface area (Å²) in [5, 5.41) is 2.95. The van der Waals surface area contributed by atoms with Crippen LogP contribution in [0.5, 0.6) is 0 Å². The quantitative estimate of drug-likeness (QED) is 0.682. The van der Waals surface area contributed by atoms with Gasteiger partial charge in [0.25, 0.3) is 0 Å². The second-order valence-corrected chi connectivity index (χ2v) is 5.16. The molecule has 0 radical (unpaired) electrons. The number of rotatable bonds is 1. The molecule has 1 N–H and O–H groups in total. The van der Waals surface area contributed by atoms with Crippen molar-refractivity contribution in [1.82, 2.24) is 10.2 Å². The molecular formula is C11H20N2O. The molecule has 14 heavy (non-hydrogen) atoms. The second kappa shape index (κ2) is 3.54. The molecule has 0 atom stereocenters. The van der Waals surface area contributed by atoms with Crippen LogP contribution in [0, 0.1) is 0 Å². The molecule has 0 unspecified atom stereocenters. The summed E-state index contributed by atoms with van der Waals surface area (Å²) in [6.45, 7) is 5.84. The number of piperazine rings is 1. The Kier molecular flexibility index (Phi) is 2.52. The van der Waals surface area contributed by atoms with Crippen LogP contribution in [-0.4, -0.2) is 35.5 Å². The SMILES string of the molecule is CC1(C)CNC(=O)CN1C1CCCC1. The molecule has 0 spiro atoms. The Morgan fingerprint density at radius 3 is 2.64 bits per heavy atom. The highest BCUT2D eigenvalue weighted by atomic mass is 16.2. The lowest BCUT2D eigenvalue weighted by molar-refractivity contribution is -0.129. The highest BCUT2D eigenvalue weighted by Crippen LogP contribution is 2.29. The summed E-state index contributed by atoms with van der Waals surface area (Å²) in [6, 6.07) is 0.649. The first-order chi connectivity index (χ1) is 6.59. The number of nitrogens with zero attached hydrogens (tertiary/aromatic N) is 1. The zero-order valence-corrected chi connectivity index (χ0v) is 9.18. The van der Waals surface area contributed by atoms with Gasteiger partial charge in [-0.2, -0.15) is 0 Å². The van der Waals surface area contributed by atoms with Crippen LogP contribution >= 0.6 is 0 Å². The van der Waals surface area contributed by atoms with E-state index in [-0.39, 0.29) is 11.4 Å². The van der Waals surface area contributed by atoms with Crippen LogP contribution in [-0.2, 0) is 4.79 Å². The average Bonchev–Trinajstić information content (AvgIpc) is 2.62. The number of carbonyl (C=O) groups is 1. The minimum absolute atomic E-state index is 0.142. The molecule has 0 aromatic carbocycles. The smallest absolute Gasteiger partial charge is 0.234 e. The minimum atomic E-state index is 0.142. The Morgan fingerprint density at radius 1 is 1.36 bits per heavy atom. The van der Waals surface area contributed by atoms with Crippen molar-refractivity contribution in [3.63, 3.8) is 0 Å². The molecule has 1 saturated heterocycles. The lowest BCUT2D eigenvalue weighted by Gasteiger charge is -2.45. The first-order valence-electron chi connectivity index (χ1n) is 5.63. The fourth-order valence-electron chi connectivity index (χ4n) is 2.68. The molecule has 2 fully saturated rings. The van der Waals surface area contributed by atoms with Gasteiger partial charge in [-0.15, -0.1) is 0 Å². The summed E-state index contributed by atoms with van der Waals surface area (Å²) in [7, 11) is 0. The predicted molar refractivity (Wildman–Crippen MR) is 56.1 cm³/mol. The molecule has 1 heterocycles. The second-order valence-electron chi connectivity index (χ2n) is 5.16. The molecule has 0 bridgehead atoms. The fourth-order valence-corrected chi connectivity index (χ4v) is 2.68. The topological polar surface area (TPSA) is 32.3 Å². The molecule has 1 saturated carbocycles. The van der Waals surface area contributed by atoms with E-state index >= 15 is 0 Å². The van der Waals surface area contributed by atoms with E-state index in [1.54, 1.807) is 0 Å². The Labute approximate surface area is 85.8 Å². The maximum absolute atomic E-state index is 11.4. The Morgan fingerprint density at radius 2 is 2.00 bits per heavy atom. The normalized spacial score (nSPS) is 29.1.